The number of carbonyl (C=O) groups is 6. The number of nitrogens with one attached hydrogen (secondary N) is 3. The van der Waals surface area contributed by atoms with Gasteiger partial charge in [0.2, 0.25) is 23.6 Å². The molecule has 0 aliphatic carbocycles. The van der Waals surface area contributed by atoms with Gasteiger partial charge >= 0.3 is 11.9 Å². The number of primary amides is 1. The zero-order chi connectivity index (χ0) is 23.4. The standard InChI is InChI=1S/C17H29N5O8/c1-8(2)5-11(22-15(28)9(18)6-13(24)25)17(30)21-10(3-4-12(19)23)16(29)20-7-14(26)27/h8-11H,3-7,18H2,1-2H3,(H2,19,23)(H,20,29)(H,21,30)(H,22,28)(H,24,25)(H,26,27). The first-order chi connectivity index (χ1) is 13.8. The molecule has 0 heterocycles. The van der Waals surface area contributed by atoms with E-state index in [-0.39, 0.29) is 25.2 Å². The number of carbonyl (C=O) groups excluding carboxylic acids is 4. The van der Waals surface area contributed by atoms with Crippen LogP contribution in [0.3, 0.4) is 0 Å². The van der Waals surface area contributed by atoms with Crippen molar-refractivity contribution in [2.75, 3.05) is 6.54 Å². The zero-order valence-corrected chi connectivity index (χ0v) is 16.8. The fraction of sp³-hybridized carbons (Fsp3) is 0.647. The molecule has 0 rings (SSSR count). The maximum Gasteiger partial charge on any atom is 0.322 e. The van der Waals surface area contributed by atoms with Crippen LogP contribution in [0.5, 0.6) is 0 Å². The lowest BCUT2D eigenvalue weighted by Gasteiger charge is -2.24. The van der Waals surface area contributed by atoms with Crippen molar-refractivity contribution in [2.24, 2.45) is 17.4 Å². The van der Waals surface area contributed by atoms with Crippen LogP contribution in [-0.2, 0) is 28.8 Å². The molecule has 0 aliphatic heterocycles. The van der Waals surface area contributed by atoms with Gasteiger partial charge in [-0.15, -0.1) is 0 Å². The number of carboxylic acid groups (broad SMARTS) is 2. The number of nitrogens with two attached hydrogens (primary N) is 2. The van der Waals surface area contributed by atoms with E-state index in [4.69, 9.17) is 21.7 Å². The zero-order valence-electron chi connectivity index (χ0n) is 16.8. The highest BCUT2D eigenvalue weighted by atomic mass is 16.4. The molecule has 30 heavy (non-hydrogen) atoms. The Kier molecular flexibility index (Phi) is 11.7. The molecule has 0 aliphatic rings. The van der Waals surface area contributed by atoms with Gasteiger partial charge in [-0.25, -0.2) is 0 Å². The van der Waals surface area contributed by atoms with Crippen molar-refractivity contribution >= 4 is 35.6 Å². The van der Waals surface area contributed by atoms with Crippen molar-refractivity contribution in [3.63, 3.8) is 0 Å². The summed E-state index contributed by atoms with van der Waals surface area (Å²) < 4.78 is 0. The summed E-state index contributed by atoms with van der Waals surface area (Å²) in [4.78, 5) is 69.3. The minimum absolute atomic E-state index is 0.0679. The van der Waals surface area contributed by atoms with Crippen molar-refractivity contribution in [1.29, 1.82) is 0 Å². The predicted molar refractivity (Wildman–Crippen MR) is 103 cm³/mol. The van der Waals surface area contributed by atoms with Gasteiger partial charge in [0.1, 0.15) is 18.6 Å². The van der Waals surface area contributed by atoms with Crippen molar-refractivity contribution < 1.29 is 39.0 Å². The first kappa shape index (κ1) is 26.8. The summed E-state index contributed by atoms with van der Waals surface area (Å²) in [5.74, 6) is -5.87. The average Bonchev–Trinajstić information content (AvgIpc) is 2.60. The molecule has 9 N–H and O–H groups in total. The second-order valence-corrected chi connectivity index (χ2v) is 7.07. The van der Waals surface area contributed by atoms with Gasteiger partial charge in [0.15, 0.2) is 0 Å². The fourth-order valence-corrected chi connectivity index (χ4v) is 2.38. The molecule has 0 radical (unpaired) electrons. The Morgan fingerprint density at radius 1 is 0.867 bits per heavy atom. The summed E-state index contributed by atoms with van der Waals surface area (Å²) >= 11 is 0. The molecule has 0 spiro atoms. The lowest BCUT2D eigenvalue weighted by atomic mass is 10.0. The fourth-order valence-electron chi connectivity index (χ4n) is 2.38. The Labute approximate surface area is 172 Å². The third-order valence-electron chi connectivity index (χ3n) is 3.80. The molecule has 13 nitrogen and oxygen atoms in total. The molecule has 0 aromatic heterocycles. The minimum Gasteiger partial charge on any atom is -0.481 e. The van der Waals surface area contributed by atoms with E-state index in [1.165, 1.54) is 0 Å². The maximum atomic E-state index is 12.7. The normalized spacial score (nSPS) is 13.6. The molecular formula is C17H29N5O8. The highest BCUT2D eigenvalue weighted by molar-refractivity contribution is 5.94. The Hall–Kier alpha value is -3.22. The summed E-state index contributed by atoms with van der Waals surface area (Å²) in [6, 6.07) is -3.79. The molecule has 4 amide bonds. The first-order valence-electron chi connectivity index (χ1n) is 9.19. The van der Waals surface area contributed by atoms with Crippen LogP contribution in [0.1, 0.15) is 39.5 Å². The Balaban J connectivity index is 5.30. The number of hydrogen-bond donors (Lipinski definition) is 7. The van der Waals surface area contributed by atoms with Crippen LogP contribution >= 0.6 is 0 Å². The molecule has 0 saturated heterocycles. The topological polar surface area (TPSA) is 231 Å². The monoisotopic (exact) mass is 431 g/mol. The molecule has 3 unspecified atom stereocenters. The van der Waals surface area contributed by atoms with E-state index in [0.29, 0.717) is 0 Å². The largest absolute Gasteiger partial charge is 0.481 e. The van der Waals surface area contributed by atoms with Gasteiger partial charge in [-0.2, -0.15) is 0 Å². The van der Waals surface area contributed by atoms with Gasteiger partial charge in [-0.1, -0.05) is 13.8 Å². The third kappa shape index (κ3) is 11.6. The predicted octanol–water partition coefficient (Wildman–Crippen LogP) is -2.73. The van der Waals surface area contributed by atoms with E-state index in [1.807, 2.05) is 0 Å². The van der Waals surface area contributed by atoms with E-state index in [2.05, 4.69) is 16.0 Å². The van der Waals surface area contributed by atoms with Gasteiger partial charge in [-0.05, 0) is 18.8 Å². The number of hydrogen-bond acceptors (Lipinski definition) is 7. The summed E-state index contributed by atoms with van der Waals surface area (Å²) in [5, 5.41) is 24.2. The molecule has 0 bridgehead atoms. The smallest absolute Gasteiger partial charge is 0.322 e. The average molecular weight is 431 g/mol. The molecule has 13 heteroatoms. The summed E-state index contributed by atoms with van der Waals surface area (Å²) in [6.45, 7) is 2.85. The van der Waals surface area contributed by atoms with E-state index in [0.717, 1.165) is 0 Å². The van der Waals surface area contributed by atoms with Crippen molar-refractivity contribution in [3.05, 3.63) is 0 Å². The summed E-state index contributed by atoms with van der Waals surface area (Å²) in [6.07, 6.45) is -0.930. The van der Waals surface area contributed by atoms with Gasteiger partial charge in [0.05, 0.1) is 12.5 Å². The lowest BCUT2D eigenvalue weighted by molar-refractivity contribution is -0.140. The van der Waals surface area contributed by atoms with E-state index in [1.54, 1.807) is 13.8 Å². The van der Waals surface area contributed by atoms with E-state index < -0.39 is 66.7 Å². The SMILES string of the molecule is CC(C)CC(NC(=O)C(N)CC(=O)O)C(=O)NC(CCC(N)=O)C(=O)NCC(=O)O. The van der Waals surface area contributed by atoms with Crippen LogP contribution in [0.2, 0.25) is 0 Å². The summed E-state index contributed by atoms with van der Waals surface area (Å²) in [5.41, 5.74) is 10.6. The maximum absolute atomic E-state index is 12.7. The summed E-state index contributed by atoms with van der Waals surface area (Å²) in [7, 11) is 0. The second kappa shape index (κ2) is 13.1. The molecular weight excluding hydrogens is 402 g/mol. The van der Waals surface area contributed by atoms with Crippen LogP contribution in [0.25, 0.3) is 0 Å². The highest BCUT2D eigenvalue weighted by Gasteiger charge is 2.29. The molecule has 170 valence electrons. The minimum atomic E-state index is -1.38. The Morgan fingerprint density at radius 3 is 1.90 bits per heavy atom. The van der Waals surface area contributed by atoms with Crippen LogP contribution in [0.4, 0.5) is 0 Å². The van der Waals surface area contributed by atoms with Gasteiger partial charge in [-0.3, -0.25) is 28.8 Å². The van der Waals surface area contributed by atoms with E-state index >= 15 is 0 Å². The van der Waals surface area contributed by atoms with Crippen LogP contribution in [-0.4, -0.2) is 70.5 Å². The van der Waals surface area contributed by atoms with Crippen LogP contribution in [0, 0.1) is 5.92 Å². The second-order valence-electron chi connectivity index (χ2n) is 7.07. The number of rotatable bonds is 14. The molecule has 0 saturated carbocycles. The quantitative estimate of drug-likeness (QED) is 0.151. The van der Waals surface area contributed by atoms with Crippen molar-refractivity contribution in [3.8, 4) is 0 Å². The Morgan fingerprint density at radius 2 is 1.43 bits per heavy atom. The Bertz CT molecular complexity index is 667. The number of aliphatic carboxylic acids is 2. The molecule has 0 fully saturated rings. The van der Waals surface area contributed by atoms with Gasteiger partial charge in [0, 0.05) is 6.42 Å². The first-order valence-corrected chi connectivity index (χ1v) is 9.19. The molecule has 0 aromatic rings. The number of amides is 4. The van der Waals surface area contributed by atoms with Crippen LogP contribution < -0.4 is 27.4 Å². The molecule has 3 atom stereocenters. The molecule has 0 aromatic carbocycles. The van der Waals surface area contributed by atoms with Gasteiger partial charge < -0.3 is 37.6 Å². The number of carboxylic acids is 2. The lowest BCUT2D eigenvalue weighted by Crippen LogP contribution is -2.56. The highest BCUT2D eigenvalue weighted by Crippen LogP contribution is 2.07. The van der Waals surface area contributed by atoms with Crippen LogP contribution in [0.15, 0.2) is 0 Å². The van der Waals surface area contributed by atoms with Crippen molar-refractivity contribution in [2.45, 2.75) is 57.7 Å². The van der Waals surface area contributed by atoms with E-state index in [9.17, 15) is 28.8 Å². The van der Waals surface area contributed by atoms with Gasteiger partial charge in [0.25, 0.3) is 0 Å². The van der Waals surface area contributed by atoms with Crippen molar-refractivity contribution in [1.82, 2.24) is 16.0 Å². The third-order valence-corrected chi connectivity index (χ3v) is 3.80.